The van der Waals surface area contributed by atoms with Gasteiger partial charge in [0.15, 0.2) is 0 Å². The highest BCUT2D eigenvalue weighted by Gasteiger charge is 2.14. The number of halogens is 2. The van der Waals surface area contributed by atoms with Gasteiger partial charge < -0.3 is 4.90 Å². The molecule has 2 aromatic rings. The van der Waals surface area contributed by atoms with E-state index in [2.05, 4.69) is 20.9 Å². The molecule has 0 spiro atoms. The SMILES string of the molecule is Cc1nc(CN(C)C(=O)c2ccc(Cl)c(Br)c2)cs1. The monoisotopic (exact) mass is 358 g/mol. The summed E-state index contributed by atoms with van der Waals surface area (Å²) in [6, 6.07) is 5.16. The number of aryl methyl sites for hydroxylation is 1. The predicted molar refractivity (Wildman–Crippen MR) is 81.8 cm³/mol. The second kappa shape index (κ2) is 6.03. The molecule has 0 aliphatic heterocycles. The third-order valence-corrected chi connectivity index (χ3v) is 4.62. The molecule has 3 nitrogen and oxygen atoms in total. The van der Waals surface area contributed by atoms with Crippen LogP contribution in [0.4, 0.5) is 0 Å². The van der Waals surface area contributed by atoms with E-state index in [1.165, 1.54) is 0 Å². The maximum absolute atomic E-state index is 12.3. The van der Waals surface area contributed by atoms with Crippen molar-refractivity contribution in [2.75, 3.05) is 7.05 Å². The first-order valence-electron chi connectivity index (χ1n) is 5.59. The summed E-state index contributed by atoms with van der Waals surface area (Å²) in [5.74, 6) is -0.0528. The van der Waals surface area contributed by atoms with Crippen LogP contribution in [0.5, 0.6) is 0 Å². The van der Waals surface area contributed by atoms with Gasteiger partial charge in [0, 0.05) is 22.5 Å². The maximum Gasteiger partial charge on any atom is 0.253 e. The van der Waals surface area contributed by atoms with E-state index in [1.54, 1.807) is 41.5 Å². The summed E-state index contributed by atoms with van der Waals surface area (Å²) in [4.78, 5) is 18.3. The van der Waals surface area contributed by atoms with Crippen LogP contribution in [-0.2, 0) is 6.54 Å². The van der Waals surface area contributed by atoms with E-state index in [1.807, 2.05) is 12.3 Å². The van der Waals surface area contributed by atoms with Crippen LogP contribution in [0, 0.1) is 6.92 Å². The number of thiazole rings is 1. The summed E-state index contributed by atoms with van der Waals surface area (Å²) in [6.45, 7) is 2.45. The molecular weight excluding hydrogens is 348 g/mol. The average molecular weight is 360 g/mol. The molecule has 1 amide bonds. The van der Waals surface area contributed by atoms with Gasteiger partial charge in [0.25, 0.3) is 5.91 Å². The van der Waals surface area contributed by atoms with E-state index in [0.717, 1.165) is 15.2 Å². The molecule has 19 heavy (non-hydrogen) atoms. The van der Waals surface area contributed by atoms with Crippen LogP contribution in [0.2, 0.25) is 5.02 Å². The standard InChI is InChI=1S/C13H12BrClN2OS/c1-8-16-10(7-19-8)6-17(2)13(18)9-3-4-12(15)11(14)5-9/h3-5,7H,6H2,1-2H3. The maximum atomic E-state index is 12.3. The topological polar surface area (TPSA) is 33.2 Å². The first-order chi connectivity index (χ1) is 8.97. The molecule has 0 saturated carbocycles. The van der Waals surface area contributed by atoms with Gasteiger partial charge >= 0.3 is 0 Å². The van der Waals surface area contributed by atoms with Crippen molar-refractivity contribution in [3.05, 3.63) is 49.3 Å². The Hall–Kier alpha value is -0.910. The number of hydrogen-bond acceptors (Lipinski definition) is 3. The molecule has 2 rings (SSSR count). The normalized spacial score (nSPS) is 10.5. The minimum absolute atomic E-state index is 0.0528. The number of amides is 1. The van der Waals surface area contributed by atoms with Crippen LogP contribution >= 0.6 is 38.9 Å². The Morgan fingerprint density at radius 3 is 2.84 bits per heavy atom. The summed E-state index contributed by atoms with van der Waals surface area (Å²) in [6.07, 6.45) is 0. The van der Waals surface area contributed by atoms with Crippen LogP contribution < -0.4 is 0 Å². The van der Waals surface area contributed by atoms with Crippen molar-refractivity contribution in [3.8, 4) is 0 Å². The van der Waals surface area contributed by atoms with Gasteiger partial charge in [-0.15, -0.1) is 11.3 Å². The summed E-state index contributed by atoms with van der Waals surface area (Å²) in [5.41, 5.74) is 1.51. The van der Waals surface area contributed by atoms with Gasteiger partial charge in [-0.05, 0) is 41.1 Å². The molecule has 0 aliphatic carbocycles. The highest BCUT2D eigenvalue weighted by atomic mass is 79.9. The first kappa shape index (κ1) is 14.5. The minimum Gasteiger partial charge on any atom is -0.336 e. The van der Waals surface area contributed by atoms with Gasteiger partial charge in [-0.25, -0.2) is 4.98 Å². The summed E-state index contributed by atoms with van der Waals surface area (Å²) >= 11 is 10.8. The van der Waals surface area contributed by atoms with Crippen molar-refractivity contribution in [1.82, 2.24) is 9.88 Å². The van der Waals surface area contributed by atoms with Crippen LogP contribution in [0.3, 0.4) is 0 Å². The summed E-state index contributed by atoms with van der Waals surface area (Å²) < 4.78 is 0.720. The van der Waals surface area contributed by atoms with E-state index in [4.69, 9.17) is 11.6 Å². The lowest BCUT2D eigenvalue weighted by Crippen LogP contribution is -2.26. The molecule has 0 N–H and O–H groups in total. The Kier molecular flexibility index (Phi) is 4.60. The van der Waals surface area contributed by atoms with Crippen molar-refractivity contribution in [1.29, 1.82) is 0 Å². The Bertz CT molecular complexity index is 614. The van der Waals surface area contributed by atoms with Gasteiger partial charge in [-0.1, -0.05) is 11.6 Å². The van der Waals surface area contributed by atoms with Crippen molar-refractivity contribution in [2.45, 2.75) is 13.5 Å². The molecule has 1 aromatic carbocycles. The lowest BCUT2D eigenvalue weighted by molar-refractivity contribution is 0.0783. The van der Waals surface area contributed by atoms with E-state index >= 15 is 0 Å². The van der Waals surface area contributed by atoms with Crippen molar-refractivity contribution < 1.29 is 4.79 Å². The Balaban J connectivity index is 2.12. The second-order valence-corrected chi connectivity index (χ2v) is 6.47. The largest absolute Gasteiger partial charge is 0.336 e. The van der Waals surface area contributed by atoms with E-state index in [0.29, 0.717) is 17.1 Å². The first-order valence-corrected chi connectivity index (χ1v) is 7.64. The Morgan fingerprint density at radius 2 is 2.26 bits per heavy atom. The average Bonchev–Trinajstić information content (AvgIpc) is 2.77. The number of carbonyl (C=O) groups is 1. The number of benzene rings is 1. The molecule has 0 fully saturated rings. The zero-order chi connectivity index (χ0) is 14.0. The second-order valence-electron chi connectivity index (χ2n) is 4.15. The van der Waals surface area contributed by atoms with Gasteiger partial charge in [0.2, 0.25) is 0 Å². The molecule has 0 aliphatic rings. The van der Waals surface area contributed by atoms with Crippen molar-refractivity contribution in [3.63, 3.8) is 0 Å². The van der Waals surface area contributed by atoms with Gasteiger partial charge in [-0.3, -0.25) is 4.79 Å². The highest BCUT2D eigenvalue weighted by Crippen LogP contribution is 2.24. The molecular formula is C13H12BrClN2OS. The lowest BCUT2D eigenvalue weighted by Gasteiger charge is -2.16. The molecule has 100 valence electrons. The lowest BCUT2D eigenvalue weighted by atomic mass is 10.2. The van der Waals surface area contributed by atoms with Gasteiger partial charge in [-0.2, -0.15) is 0 Å². The zero-order valence-corrected chi connectivity index (χ0v) is 13.6. The molecule has 6 heteroatoms. The Labute approximate surface area is 129 Å². The fourth-order valence-corrected chi connectivity index (χ4v) is 2.75. The van der Waals surface area contributed by atoms with E-state index < -0.39 is 0 Å². The fraction of sp³-hybridized carbons (Fsp3) is 0.231. The smallest absolute Gasteiger partial charge is 0.253 e. The number of aromatic nitrogens is 1. The molecule has 0 bridgehead atoms. The fourth-order valence-electron chi connectivity index (χ4n) is 1.65. The predicted octanol–water partition coefficient (Wildman–Crippen LogP) is 4.14. The van der Waals surface area contributed by atoms with Crippen molar-refractivity contribution in [2.24, 2.45) is 0 Å². The van der Waals surface area contributed by atoms with Crippen molar-refractivity contribution >= 4 is 44.8 Å². The molecule has 1 heterocycles. The van der Waals surface area contributed by atoms with Crippen LogP contribution in [0.15, 0.2) is 28.1 Å². The van der Waals surface area contributed by atoms with E-state index in [-0.39, 0.29) is 5.91 Å². The van der Waals surface area contributed by atoms with Gasteiger partial charge in [0.1, 0.15) is 0 Å². The number of rotatable bonds is 3. The summed E-state index contributed by atoms with van der Waals surface area (Å²) in [5, 5.41) is 3.57. The summed E-state index contributed by atoms with van der Waals surface area (Å²) in [7, 11) is 1.76. The molecule has 0 unspecified atom stereocenters. The molecule has 0 radical (unpaired) electrons. The van der Waals surface area contributed by atoms with Crippen LogP contribution in [-0.4, -0.2) is 22.8 Å². The number of nitrogens with zero attached hydrogens (tertiary/aromatic N) is 2. The van der Waals surface area contributed by atoms with Crippen LogP contribution in [0.25, 0.3) is 0 Å². The van der Waals surface area contributed by atoms with Crippen LogP contribution in [0.1, 0.15) is 21.1 Å². The number of hydrogen-bond donors (Lipinski definition) is 0. The third kappa shape index (κ3) is 3.55. The minimum atomic E-state index is -0.0528. The van der Waals surface area contributed by atoms with E-state index in [9.17, 15) is 4.79 Å². The third-order valence-electron chi connectivity index (χ3n) is 2.58. The highest BCUT2D eigenvalue weighted by molar-refractivity contribution is 9.10. The molecule has 1 aromatic heterocycles. The Morgan fingerprint density at radius 1 is 1.53 bits per heavy atom. The zero-order valence-electron chi connectivity index (χ0n) is 10.5. The number of carbonyl (C=O) groups excluding carboxylic acids is 1. The quantitative estimate of drug-likeness (QED) is 0.825. The molecule has 0 atom stereocenters. The molecule has 0 saturated heterocycles. The van der Waals surface area contributed by atoms with Gasteiger partial charge in [0.05, 0.1) is 22.3 Å².